The van der Waals surface area contributed by atoms with E-state index in [-0.39, 0.29) is 0 Å². The van der Waals surface area contributed by atoms with E-state index >= 15 is 0 Å². The molecule has 0 saturated carbocycles. The van der Waals surface area contributed by atoms with E-state index in [9.17, 15) is 0 Å². The Labute approximate surface area is 153 Å². The third-order valence-electron chi connectivity index (χ3n) is 4.32. The van der Waals surface area contributed by atoms with Gasteiger partial charge >= 0.3 is 0 Å². The Balaban J connectivity index is 1.87. The molecule has 8 heteroatoms. The van der Waals surface area contributed by atoms with Crippen molar-refractivity contribution in [3.63, 3.8) is 0 Å². The molecule has 2 aromatic rings. The van der Waals surface area contributed by atoms with Crippen LogP contribution in [0, 0.1) is 6.92 Å². The van der Waals surface area contributed by atoms with Gasteiger partial charge in [-0.15, -0.1) is 10.2 Å². The number of rotatable bonds is 5. The van der Waals surface area contributed by atoms with Gasteiger partial charge in [-0.05, 0) is 30.7 Å². The van der Waals surface area contributed by atoms with Crippen LogP contribution in [0.25, 0.3) is 11.4 Å². The molecule has 1 aliphatic rings. The Morgan fingerprint density at radius 3 is 2.72 bits per heavy atom. The van der Waals surface area contributed by atoms with Crippen molar-refractivity contribution in [2.75, 3.05) is 50.1 Å². The third-order valence-corrected chi connectivity index (χ3v) is 4.56. The summed E-state index contributed by atoms with van der Waals surface area (Å²) in [6, 6.07) is 6.11. The van der Waals surface area contributed by atoms with Crippen molar-refractivity contribution in [3.05, 3.63) is 28.9 Å². The molecule has 1 aromatic heterocycles. The number of nitrogens with one attached hydrogen (secondary N) is 2. The molecule has 1 aliphatic heterocycles. The molecule has 1 saturated heterocycles. The van der Waals surface area contributed by atoms with Crippen LogP contribution in [0.4, 0.5) is 11.5 Å². The number of anilines is 2. The van der Waals surface area contributed by atoms with E-state index in [1.165, 1.54) is 0 Å². The fraction of sp³-hybridized carbons (Fsp3) is 0.471. The number of hydrazine groups is 1. The molecule has 2 heterocycles. The first-order valence-electron chi connectivity index (χ1n) is 8.53. The van der Waals surface area contributed by atoms with Crippen LogP contribution < -0.4 is 15.6 Å². The van der Waals surface area contributed by atoms with E-state index in [4.69, 9.17) is 11.6 Å². The minimum atomic E-state index is 0.352. The molecule has 25 heavy (non-hydrogen) atoms. The lowest BCUT2D eigenvalue weighted by molar-refractivity contribution is 0.425. The van der Waals surface area contributed by atoms with Gasteiger partial charge < -0.3 is 15.6 Å². The van der Waals surface area contributed by atoms with Crippen LogP contribution in [0.2, 0.25) is 5.15 Å². The summed E-state index contributed by atoms with van der Waals surface area (Å²) in [6.07, 6.45) is 0. The van der Waals surface area contributed by atoms with Gasteiger partial charge in [-0.2, -0.15) is 0 Å². The van der Waals surface area contributed by atoms with Gasteiger partial charge in [0.15, 0.2) is 16.8 Å². The zero-order valence-corrected chi connectivity index (χ0v) is 15.6. The highest BCUT2D eigenvalue weighted by Crippen LogP contribution is 2.26. The van der Waals surface area contributed by atoms with Crippen LogP contribution in [0.5, 0.6) is 0 Å². The molecule has 0 amide bonds. The van der Waals surface area contributed by atoms with Gasteiger partial charge in [0.2, 0.25) is 0 Å². The Morgan fingerprint density at radius 2 is 2.04 bits per heavy atom. The predicted molar refractivity (Wildman–Crippen MR) is 102 cm³/mol. The lowest BCUT2D eigenvalue weighted by Gasteiger charge is -2.28. The number of hydrogen-bond acceptors (Lipinski definition) is 7. The molecule has 0 spiro atoms. The number of halogens is 1. The fourth-order valence-corrected chi connectivity index (χ4v) is 2.92. The van der Waals surface area contributed by atoms with E-state index in [0.29, 0.717) is 16.8 Å². The number of hydrogen-bond donors (Lipinski definition) is 2. The van der Waals surface area contributed by atoms with E-state index < -0.39 is 0 Å². The quantitative estimate of drug-likeness (QED) is 0.791. The van der Waals surface area contributed by atoms with Crippen molar-refractivity contribution in [1.82, 2.24) is 25.5 Å². The molecule has 0 aliphatic carbocycles. The average molecular weight is 362 g/mol. The highest BCUT2D eigenvalue weighted by Gasteiger charge is 2.18. The van der Waals surface area contributed by atoms with E-state index in [2.05, 4.69) is 50.7 Å². The molecule has 0 bridgehead atoms. The summed E-state index contributed by atoms with van der Waals surface area (Å²) in [6.45, 7) is 8.64. The minimum Gasteiger partial charge on any atom is -0.351 e. The summed E-state index contributed by atoms with van der Waals surface area (Å²) in [5.41, 5.74) is 6.48. The smallest absolute Gasteiger partial charge is 0.194 e. The Hall–Kier alpha value is -1.96. The molecule has 1 aromatic carbocycles. The van der Waals surface area contributed by atoms with Gasteiger partial charge in [-0.3, -0.25) is 0 Å². The number of piperazine rings is 1. The fourth-order valence-electron chi connectivity index (χ4n) is 2.72. The second kappa shape index (κ2) is 7.95. The maximum atomic E-state index is 6.23. The Morgan fingerprint density at radius 1 is 1.28 bits per heavy atom. The highest BCUT2D eigenvalue weighted by molar-refractivity contribution is 6.31. The van der Waals surface area contributed by atoms with E-state index in [0.717, 1.165) is 49.5 Å². The molecular formula is C17H24ClN7. The first-order chi connectivity index (χ1) is 12.1. The van der Waals surface area contributed by atoms with Crippen LogP contribution in [0.1, 0.15) is 12.5 Å². The summed E-state index contributed by atoms with van der Waals surface area (Å²) in [5, 5.41) is 14.0. The van der Waals surface area contributed by atoms with Gasteiger partial charge in [-0.25, -0.2) is 9.99 Å². The van der Waals surface area contributed by atoms with E-state index in [1.807, 2.05) is 24.2 Å². The largest absolute Gasteiger partial charge is 0.351 e. The second-order valence-electron chi connectivity index (χ2n) is 6.14. The average Bonchev–Trinajstić information content (AvgIpc) is 2.64. The highest BCUT2D eigenvalue weighted by atomic mass is 35.5. The normalized spacial score (nSPS) is 14.8. The molecule has 0 radical (unpaired) electrons. The molecule has 1 fully saturated rings. The van der Waals surface area contributed by atoms with Crippen LogP contribution in [0.3, 0.4) is 0 Å². The third kappa shape index (κ3) is 4.18. The maximum Gasteiger partial charge on any atom is 0.194 e. The molecule has 0 atom stereocenters. The lowest BCUT2D eigenvalue weighted by atomic mass is 10.1. The second-order valence-corrected chi connectivity index (χ2v) is 6.50. The lowest BCUT2D eigenvalue weighted by Crippen LogP contribution is -2.44. The van der Waals surface area contributed by atoms with Gasteiger partial charge in [0.05, 0.1) is 5.69 Å². The van der Waals surface area contributed by atoms with Crippen molar-refractivity contribution in [3.8, 4) is 11.4 Å². The van der Waals surface area contributed by atoms with E-state index in [1.54, 1.807) is 0 Å². The number of benzene rings is 1. The maximum absolute atomic E-state index is 6.23. The number of nitrogens with zero attached hydrogens (tertiary/aromatic N) is 5. The van der Waals surface area contributed by atoms with Gasteiger partial charge in [0.25, 0.3) is 0 Å². The summed E-state index contributed by atoms with van der Waals surface area (Å²) in [7, 11) is 2.01. The molecule has 3 rings (SSSR count). The van der Waals surface area contributed by atoms with Gasteiger partial charge in [-0.1, -0.05) is 18.5 Å². The van der Waals surface area contributed by atoms with Crippen molar-refractivity contribution >= 4 is 23.1 Å². The zero-order valence-electron chi connectivity index (χ0n) is 14.9. The molecule has 134 valence electrons. The summed E-state index contributed by atoms with van der Waals surface area (Å²) in [4.78, 5) is 6.82. The van der Waals surface area contributed by atoms with Crippen molar-refractivity contribution < 1.29 is 0 Å². The van der Waals surface area contributed by atoms with Crippen molar-refractivity contribution in [2.45, 2.75) is 13.8 Å². The molecule has 2 N–H and O–H groups in total. The topological polar surface area (TPSA) is 69.2 Å². The van der Waals surface area contributed by atoms with Crippen LogP contribution in [-0.4, -0.2) is 60.0 Å². The van der Waals surface area contributed by atoms with Gasteiger partial charge in [0.1, 0.15) is 0 Å². The number of aryl methyl sites for hydroxylation is 1. The molecular weight excluding hydrogens is 338 g/mol. The van der Waals surface area contributed by atoms with Gasteiger partial charge in [0, 0.05) is 45.3 Å². The minimum absolute atomic E-state index is 0.352. The molecule has 7 nitrogen and oxygen atoms in total. The SMILES string of the molecule is CCN(C)Nc1ccc(-c2nnc(Cl)c(N3CCNCC3)n2)cc1C. The summed E-state index contributed by atoms with van der Waals surface area (Å²) >= 11 is 6.23. The first kappa shape index (κ1) is 17.8. The zero-order chi connectivity index (χ0) is 17.8. The monoisotopic (exact) mass is 361 g/mol. The van der Waals surface area contributed by atoms with Crippen molar-refractivity contribution in [1.29, 1.82) is 0 Å². The first-order valence-corrected chi connectivity index (χ1v) is 8.91. The van der Waals surface area contributed by atoms with Crippen LogP contribution in [0.15, 0.2) is 18.2 Å². The number of aromatic nitrogens is 3. The van der Waals surface area contributed by atoms with Crippen LogP contribution in [-0.2, 0) is 0 Å². The van der Waals surface area contributed by atoms with Crippen molar-refractivity contribution in [2.24, 2.45) is 0 Å². The predicted octanol–water partition coefficient (Wildman–Crippen LogP) is 2.19. The van der Waals surface area contributed by atoms with Crippen LogP contribution >= 0.6 is 11.6 Å². The molecule has 0 unspecified atom stereocenters. The summed E-state index contributed by atoms with van der Waals surface area (Å²) in [5.74, 6) is 1.30. The summed E-state index contributed by atoms with van der Waals surface area (Å²) < 4.78 is 0. The Kier molecular flexibility index (Phi) is 5.67. The Bertz CT molecular complexity index is 731. The standard InChI is InChI=1S/C17H24ClN7/c1-4-24(3)23-14-6-5-13(11-12(14)2)16-20-17(15(18)21-22-16)25-9-7-19-8-10-25/h5-6,11,19,23H,4,7-10H2,1-3H3.